The Morgan fingerprint density at radius 2 is 2.24 bits per heavy atom. The van der Waals surface area contributed by atoms with Gasteiger partial charge < -0.3 is 10.4 Å². The summed E-state index contributed by atoms with van der Waals surface area (Å²) in [5.74, 6) is 0.745. The van der Waals surface area contributed by atoms with E-state index in [4.69, 9.17) is 0 Å². The molecule has 1 fully saturated rings. The summed E-state index contributed by atoms with van der Waals surface area (Å²) in [5.41, 5.74) is 2.99. The molecular weight excluding hydrogens is 232 g/mol. The summed E-state index contributed by atoms with van der Waals surface area (Å²) in [6.07, 6.45) is 7.59. The monoisotopic (exact) mass is 254 g/mol. The third-order valence-corrected chi connectivity index (χ3v) is 4.32. The topological polar surface area (TPSA) is 45.1 Å². The van der Waals surface area contributed by atoms with E-state index in [1.165, 1.54) is 32.1 Å². The molecule has 0 amide bonds. The Hall–Kier alpha value is -0.450. The molecule has 1 aromatic rings. The van der Waals surface area contributed by atoms with E-state index in [1.54, 1.807) is 11.3 Å². The van der Waals surface area contributed by atoms with Gasteiger partial charge in [0.1, 0.15) is 0 Å². The first-order chi connectivity index (χ1) is 8.40. The van der Waals surface area contributed by atoms with Crippen LogP contribution in [0.15, 0.2) is 10.9 Å². The number of hydrogen-bond acceptors (Lipinski definition) is 4. The van der Waals surface area contributed by atoms with Gasteiger partial charge in [0.25, 0.3) is 0 Å². The van der Waals surface area contributed by atoms with Gasteiger partial charge in [-0.1, -0.05) is 19.3 Å². The van der Waals surface area contributed by atoms with Crippen molar-refractivity contribution in [3.63, 3.8) is 0 Å². The summed E-state index contributed by atoms with van der Waals surface area (Å²) in [6, 6.07) is 0.460. The molecule has 17 heavy (non-hydrogen) atoms. The van der Waals surface area contributed by atoms with Crippen molar-refractivity contribution < 1.29 is 5.11 Å². The molecule has 1 heterocycles. The third kappa shape index (κ3) is 4.05. The van der Waals surface area contributed by atoms with E-state index in [0.29, 0.717) is 6.04 Å². The number of thiazole rings is 1. The lowest BCUT2D eigenvalue weighted by Crippen LogP contribution is -2.37. The van der Waals surface area contributed by atoms with Crippen LogP contribution in [0.5, 0.6) is 0 Å². The maximum absolute atomic E-state index is 9.17. The highest BCUT2D eigenvalue weighted by atomic mass is 32.1. The summed E-state index contributed by atoms with van der Waals surface area (Å²) < 4.78 is 0. The Bertz CT molecular complexity index is 296. The SMILES string of the molecule is OCC[C@@H](NCc1cscn1)C1CCCCC1. The molecule has 96 valence electrons. The summed E-state index contributed by atoms with van der Waals surface area (Å²) >= 11 is 1.64. The Balaban J connectivity index is 1.82. The van der Waals surface area contributed by atoms with Crippen molar-refractivity contribution in [2.24, 2.45) is 5.92 Å². The van der Waals surface area contributed by atoms with Gasteiger partial charge in [-0.25, -0.2) is 4.98 Å². The summed E-state index contributed by atoms with van der Waals surface area (Å²) in [4.78, 5) is 4.29. The van der Waals surface area contributed by atoms with Gasteiger partial charge in [0.2, 0.25) is 0 Å². The van der Waals surface area contributed by atoms with Crippen molar-refractivity contribution in [3.8, 4) is 0 Å². The van der Waals surface area contributed by atoms with E-state index < -0.39 is 0 Å². The standard InChI is InChI=1S/C13H22N2OS/c16-7-6-13(11-4-2-1-3-5-11)14-8-12-9-17-10-15-12/h9-11,13-14,16H,1-8H2/t13-/m1/s1. The summed E-state index contributed by atoms with van der Waals surface area (Å²) in [5, 5.41) is 14.8. The minimum Gasteiger partial charge on any atom is -0.396 e. The summed E-state index contributed by atoms with van der Waals surface area (Å²) in [6.45, 7) is 1.12. The second-order valence-corrected chi connectivity index (χ2v) is 5.60. The van der Waals surface area contributed by atoms with Gasteiger partial charge in [-0.15, -0.1) is 11.3 Å². The van der Waals surface area contributed by atoms with Crippen molar-refractivity contribution in [2.75, 3.05) is 6.61 Å². The molecule has 0 aromatic carbocycles. The lowest BCUT2D eigenvalue weighted by Gasteiger charge is -2.30. The van der Waals surface area contributed by atoms with Crippen LogP contribution in [0.2, 0.25) is 0 Å². The Morgan fingerprint density at radius 3 is 2.88 bits per heavy atom. The smallest absolute Gasteiger partial charge is 0.0795 e. The zero-order valence-corrected chi connectivity index (χ0v) is 11.1. The van der Waals surface area contributed by atoms with Crippen LogP contribution in [0, 0.1) is 5.92 Å². The highest BCUT2D eigenvalue weighted by molar-refractivity contribution is 7.07. The molecule has 0 saturated heterocycles. The quantitative estimate of drug-likeness (QED) is 0.820. The number of rotatable bonds is 6. The van der Waals surface area contributed by atoms with Crippen molar-refractivity contribution in [1.82, 2.24) is 10.3 Å². The number of aliphatic hydroxyl groups excluding tert-OH is 1. The molecule has 0 unspecified atom stereocenters. The van der Waals surface area contributed by atoms with E-state index >= 15 is 0 Å². The highest BCUT2D eigenvalue weighted by Crippen LogP contribution is 2.27. The Kier molecular flexibility index (Phi) is 5.42. The molecular formula is C13H22N2OS. The van der Waals surface area contributed by atoms with E-state index in [0.717, 1.165) is 24.6 Å². The minimum atomic E-state index is 0.283. The highest BCUT2D eigenvalue weighted by Gasteiger charge is 2.22. The molecule has 0 radical (unpaired) electrons. The van der Waals surface area contributed by atoms with Crippen molar-refractivity contribution >= 4 is 11.3 Å². The molecule has 2 N–H and O–H groups in total. The molecule has 0 spiro atoms. The van der Waals surface area contributed by atoms with Crippen LogP contribution >= 0.6 is 11.3 Å². The number of nitrogens with zero attached hydrogens (tertiary/aromatic N) is 1. The largest absolute Gasteiger partial charge is 0.396 e. The molecule has 1 aromatic heterocycles. The zero-order valence-electron chi connectivity index (χ0n) is 10.3. The van der Waals surface area contributed by atoms with Gasteiger partial charge in [-0.3, -0.25) is 0 Å². The zero-order chi connectivity index (χ0) is 11.9. The first-order valence-corrected chi connectivity index (χ1v) is 7.55. The number of hydrogen-bond donors (Lipinski definition) is 2. The molecule has 1 aliphatic rings. The Labute approximate surface area is 107 Å². The lowest BCUT2D eigenvalue weighted by atomic mass is 9.83. The maximum Gasteiger partial charge on any atom is 0.0795 e. The first kappa shape index (κ1) is 13.0. The molecule has 1 saturated carbocycles. The van der Waals surface area contributed by atoms with E-state index in [9.17, 15) is 5.11 Å². The van der Waals surface area contributed by atoms with Crippen LogP contribution < -0.4 is 5.32 Å². The molecule has 1 aliphatic carbocycles. The fourth-order valence-electron chi connectivity index (χ4n) is 2.74. The second-order valence-electron chi connectivity index (χ2n) is 4.88. The van der Waals surface area contributed by atoms with Gasteiger partial charge in [-0.05, 0) is 25.2 Å². The van der Waals surface area contributed by atoms with Crippen LogP contribution in [0.1, 0.15) is 44.2 Å². The lowest BCUT2D eigenvalue weighted by molar-refractivity contribution is 0.205. The molecule has 4 heteroatoms. The number of aromatic nitrogens is 1. The predicted octanol–water partition coefficient (Wildman–Crippen LogP) is 2.56. The van der Waals surface area contributed by atoms with Crippen LogP contribution in [-0.4, -0.2) is 22.7 Å². The van der Waals surface area contributed by atoms with Gasteiger partial charge in [0.05, 0.1) is 11.2 Å². The fourth-order valence-corrected chi connectivity index (χ4v) is 3.30. The number of nitrogens with one attached hydrogen (secondary N) is 1. The molecule has 0 aliphatic heterocycles. The van der Waals surface area contributed by atoms with Crippen LogP contribution in [0.3, 0.4) is 0 Å². The number of aliphatic hydroxyl groups is 1. The fraction of sp³-hybridized carbons (Fsp3) is 0.769. The van der Waals surface area contributed by atoms with E-state index in [-0.39, 0.29) is 6.61 Å². The van der Waals surface area contributed by atoms with Crippen molar-refractivity contribution in [2.45, 2.75) is 51.1 Å². The average molecular weight is 254 g/mol. The van der Waals surface area contributed by atoms with Gasteiger partial charge in [-0.2, -0.15) is 0 Å². The first-order valence-electron chi connectivity index (χ1n) is 6.61. The van der Waals surface area contributed by atoms with E-state index in [2.05, 4.69) is 15.7 Å². The molecule has 0 bridgehead atoms. The summed E-state index contributed by atoms with van der Waals surface area (Å²) in [7, 11) is 0. The van der Waals surface area contributed by atoms with Gasteiger partial charge in [0.15, 0.2) is 0 Å². The van der Waals surface area contributed by atoms with Crippen molar-refractivity contribution in [3.05, 3.63) is 16.6 Å². The predicted molar refractivity (Wildman–Crippen MR) is 71.0 cm³/mol. The molecule has 3 nitrogen and oxygen atoms in total. The maximum atomic E-state index is 9.17. The van der Waals surface area contributed by atoms with E-state index in [1.807, 2.05) is 5.51 Å². The normalized spacial score (nSPS) is 19.4. The van der Waals surface area contributed by atoms with Crippen LogP contribution in [0.25, 0.3) is 0 Å². The van der Waals surface area contributed by atoms with Crippen LogP contribution in [0.4, 0.5) is 0 Å². The molecule has 1 atom stereocenters. The Morgan fingerprint density at radius 1 is 1.41 bits per heavy atom. The van der Waals surface area contributed by atoms with Crippen LogP contribution in [-0.2, 0) is 6.54 Å². The van der Waals surface area contributed by atoms with Gasteiger partial charge >= 0.3 is 0 Å². The average Bonchev–Trinajstić information content (AvgIpc) is 2.88. The minimum absolute atomic E-state index is 0.283. The second kappa shape index (κ2) is 7.09. The van der Waals surface area contributed by atoms with Gasteiger partial charge in [0, 0.05) is 24.6 Å². The molecule has 2 rings (SSSR count). The van der Waals surface area contributed by atoms with Crippen molar-refractivity contribution in [1.29, 1.82) is 0 Å². The third-order valence-electron chi connectivity index (χ3n) is 3.69.